The van der Waals surface area contributed by atoms with Crippen molar-refractivity contribution in [3.05, 3.63) is 140 Å². The molecule has 3 aromatic heterocycles. The van der Waals surface area contributed by atoms with E-state index in [2.05, 4.69) is 11.1 Å². The van der Waals surface area contributed by atoms with Crippen molar-refractivity contribution in [1.82, 2.24) is 9.97 Å². The van der Waals surface area contributed by atoms with Gasteiger partial charge in [-0.1, -0.05) is 86.6 Å². The predicted molar refractivity (Wildman–Crippen MR) is 171 cm³/mol. The number of pyridine rings is 2. The lowest BCUT2D eigenvalue weighted by Crippen LogP contribution is -2.24. The molecule has 7 rings (SSSR count). The second-order valence-corrected chi connectivity index (χ2v) is 12.2. The van der Waals surface area contributed by atoms with Gasteiger partial charge in [-0.05, 0) is 60.7 Å². The van der Waals surface area contributed by atoms with Gasteiger partial charge in [-0.2, -0.15) is 0 Å². The Kier molecular flexibility index (Phi) is 7.33. The molecule has 0 radical (unpaired) electrons. The molecule has 0 saturated carbocycles. The molecule has 0 aliphatic rings. The van der Waals surface area contributed by atoms with E-state index in [-0.39, 0.29) is 0 Å². The van der Waals surface area contributed by atoms with Crippen LogP contribution < -0.4 is 15.9 Å². The fourth-order valence-electron chi connectivity index (χ4n) is 5.10. The number of hydrogen-bond donors (Lipinski definition) is 0. The Morgan fingerprint density at radius 3 is 1.78 bits per heavy atom. The van der Waals surface area contributed by atoms with Crippen molar-refractivity contribution in [2.75, 3.05) is 0 Å². The molecule has 4 aromatic carbocycles. The molecule has 0 bridgehead atoms. The number of fused-ring (bicyclic) bond motifs is 3. The van der Waals surface area contributed by atoms with Gasteiger partial charge in [0.25, 0.3) is 0 Å². The quantitative estimate of drug-likeness (QED) is 0.201. The highest BCUT2D eigenvalue weighted by Crippen LogP contribution is 2.44. The van der Waals surface area contributed by atoms with Crippen LogP contribution in [0.3, 0.4) is 0 Å². The lowest BCUT2D eigenvalue weighted by molar-refractivity contribution is 0.592. The zero-order valence-corrected chi connectivity index (χ0v) is 23.8. The van der Waals surface area contributed by atoms with Crippen LogP contribution in [0.1, 0.15) is 13.8 Å². The summed E-state index contributed by atoms with van der Waals surface area (Å²) >= 11 is 0. The van der Waals surface area contributed by atoms with Gasteiger partial charge in [0.1, 0.15) is 11.2 Å². The van der Waals surface area contributed by atoms with Crippen molar-refractivity contribution >= 4 is 45.0 Å². The van der Waals surface area contributed by atoms with Crippen LogP contribution in [0.2, 0.25) is 0 Å². The Balaban J connectivity index is 0.00000148. The highest BCUT2D eigenvalue weighted by Gasteiger charge is 2.30. The van der Waals surface area contributed by atoms with E-state index in [4.69, 9.17) is 9.40 Å². The Hall–Kier alpha value is -4.79. The lowest BCUT2D eigenvalue weighted by Gasteiger charge is -2.20. The van der Waals surface area contributed by atoms with E-state index in [1.807, 2.05) is 141 Å². The van der Waals surface area contributed by atoms with Crippen molar-refractivity contribution in [2.45, 2.75) is 13.8 Å². The third-order valence-corrected chi connectivity index (χ3v) is 10.1. The first-order valence-electron chi connectivity index (χ1n) is 13.8. The second-order valence-electron chi connectivity index (χ2n) is 9.40. The van der Waals surface area contributed by atoms with Crippen molar-refractivity contribution in [2.24, 2.45) is 0 Å². The topological polar surface area (TPSA) is 56.0 Å². The van der Waals surface area contributed by atoms with Crippen molar-refractivity contribution in [3.63, 3.8) is 0 Å². The standard InChI is InChI=1S/C34H23N2O2P.C2H6/c37-39(25-10-3-1-4-11-25,26-12-5-2-6-13-26)27-18-20-34-29(23-27)28-22-24(17-19-33(28)38-34)30-15-9-16-32(36-30)31-14-7-8-21-35-31;1-2/h1-23H;1-2H3. The maximum atomic E-state index is 14.9. The lowest BCUT2D eigenvalue weighted by atomic mass is 10.1. The van der Waals surface area contributed by atoms with Crippen molar-refractivity contribution < 1.29 is 8.98 Å². The highest BCUT2D eigenvalue weighted by molar-refractivity contribution is 7.85. The number of benzene rings is 4. The van der Waals surface area contributed by atoms with Gasteiger partial charge in [0.2, 0.25) is 0 Å². The minimum atomic E-state index is -3.11. The first-order valence-corrected chi connectivity index (χ1v) is 15.5. The minimum Gasteiger partial charge on any atom is -0.456 e. The molecule has 0 fully saturated rings. The Morgan fingerprint density at radius 1 is 0.537 bits per heavy atom. The van der Waals surface area contributed by atoms with Gasteiger partial charge in [-0.25, -0.2) is 4.98 Å². The molecule has 0 saturated heterocycles. The molecule has 5 heteroatoms. The van der Waals surface area contributed by atoms with Crippen LogP contribution in [0.15, 0.2) is 144 Å². The summed E-state index contributed by atoms with van der Waals surface area (Å²) in [5.41, 5.74) is 5.01. The van der Waals surface area contributed by atoms with Crippen LogP contribution in [-0.2, 0) is 4.57 Å². The van der Waals surface area contributed by atoms with Gasteiger partial charge in [-0.15, -0.1) is 0 Å². The first kappa shape index (κ1) is 26.4. The normalized spacial score (nSPS) is 11.3. The molecule has 0 N–H and O–H groups in total. The number of furan rings is 1. The van der Waals surface area contributed by atoms with Gasteiger partial charge >= 0.3 is 0 Å². The van der Waals surface area contributed by atoms with Crippen molar-refractivity contribution in [3.8, 4) is 22.6 Å². The smallest absolute Gasteiger partial charge is 0.171 e. The second kappa shape index (κ2) is 11.4. The molecule has 0 atom stereocenters. The van der Waals surface area contributed by atoms with Gasteiger partial charge in [-0.3, -0.25) is 4.98 Å². The summed E-state index contributed by atoms with van der Waals surface area (Å²) in [7, 11) is -3.11. The van der Waals surface area contributed by atoms with Gasteiger partial charge in [0.05, 0.1) is 17.1 Å². The maximum Gasteiger partial charge on any atom is 0.171 e. The average molecular weight is 553 g/mol. The zero-order valence-electron chi connectivity index (χ0n) is 22.9. The highest BCUT2D eigenvalue weighted by atomic mass is 31.2. The molecule has 0 spiro atoms. The van der Waals surface area contributed by atoms with E-state index >= 15 is 0 Å². The maximum absolute atomic E-state index is 14.9. The van der Waals surface area contributed by atoms with Crippen LogP contribution >= 0.6 is 7.14 Å². The third kappa shape index (κ3) is 4.88. The Bertz CT molecular complexity index is 1940. The van der Waals surface area contributed by atoms with E-state index in [1.165, 1.54) is 0 Å². The number of hydrogen-bond acceptors (Lipinski definition) is 4. The summed E-state index contributed by atoms with van der Waals surface area (Å²) in [5, 5.41) is 4.27. The molecule has 0 amide bonds. The molecular formula is C36H29N2O2P. The van der Waals surface area contributed by atoms with E-state index in [9.17, 15) is 4.57 Å². The van der Waals surface area contributed by atoms with E-state index < -0.39 is 7.14 Å². The minimum absolute atomic E-state index is 0.758. The van der Waals surface area contributed by atoms with Crippen LogP contribution in [-0.4, -0.2) is 9.97 Å². The van der Waals surface area contributed by atoms with E-state index in [0.29, 0.717) is 0 Å². The summed E-state index contributed by atoms with van der Waals surface area (Å²) in [4.78, 5) is 9.33. The molecule has 3 heterocycles. The predicted octanol–water partition coefficient (Wildman–Crippen LogP) is 8.38. The SMILES string of the molecule is CC.O=P(c1ccccc1)(c1ccccc1)c1ccc2oc3ccc(-c4cccc(-c5ccccn5)n4)cc3c2c1. The molecule has 41 heavy (non-hydrogen) atoms. The van der Waals surface area contributed by atoms with Crippen LogP contribution in [0.25, 0.3) is 44.6 Å². The summed E-state index contributed by atoms with van der Waals surface area (Å²) in [5.74, 6) is 0. The summed E-state index contributed by atoms with van der Waals surface area (Å²) in [6.45, 7) is 4.00. The van der Waals surface area contributed by atoms with Gasteiger partial charge in [0.15, 0.2) is 7.14 Å². The number of nitrogens with zero attached hydrogens (tertiary/aromatic N) is 2. The van der Waals surface area contributed by atoms with Gasteiger partial charge < -0.3 is 8.98 Å². The molecule has 200 valence electrons. The number of aromatic nitrogens is 2. The van der Waals surface area contributed by atoms with Crippen molar-refractivity contribution in [1.29, 1.82) is 0 Å². The number of rotatable bonds is 5. The zero-order chi connectivity index (χ0) is 28.2. The van der Waals surface area contributed by atoms with Crippen LogP contribution in [0.5, 0.6) is 0 Å². The third-order valence-electron chi connectivity index (χ3n) is 7.03. The fourth-order valence-corrected chi connectivity index (χ4v) is 7.77. The largest absolute Gasteiger partial charge is 0.456 e. The monoisotopic (exact) mass is 552 g/mol. The fraction of sp³-hybridized carbons (Fsp3) is 0.0556. The Labute approximate surface area is 239 Å². The van der Waals surface area contributed by atoms with Crippen LogP contribution in [0, 0.1) is 0 Å². The summed E-state index contributed by atoms with van der Waals surface area (Å²) in [6, 6.07) is 43.2. The molecule has 4 nitrogen and oxygen atoms in total. The van der Waals surface area contributed by atoms with Crippen LogP contribution in [0.4, 0.5) is 0 Å². The molecule has 0 aliphatic carbocycles. The molecule has 7 aromatic rings. The molecule has 0 aliphatic heterocycles. The Morgan fingerprint density at radius 2 is 1.12 bits per heavy atom. The van der Waals surface area contributed by atoms with Gasteiger partial charge in [0, 0.05) is 38.4 Å². The summed E-state index contributed by atoms with van der Waals surface area (Å²) in [6.07, 6.45) is 1.77. The molecular weight excluding hydrogens is 523 g/mol. The average Bonchev–Trinajstić information content (AvgIpc) is 3.44. The first-order chi connectivity index (χ1) is 20.2. The van der Waals surface area contributed by atoms with E-state index in [0.717, 1.165) is 60.5 Å². The summed E-state index contributed by atoms with van der Waals surface area (Å²) < 4.78 is 21.1. The molecule has 0 unspecified atom stereocenters. The van der Waals surface area contributed by atoms with E-state index in [1.54, 1.807) is 6.20 Å².